The molecule has 0 aliphatic heterocycles. The SMILES string of the molecule is CCOC(=O)c1ccc(N(Cc2cccnc2)C(=S)NC(=O)c2cccc(OC)c2)cc1. The van der Waals surface area contributed by atoms with Crippen LogP contribution in [0.4, 0.5) is 5.69 Å². The number of pyridine rings is 1. The molecule has 0 saturated heterocycles. The van der Waals surface area contributed by atoms with Gasteiger partial charge < -0.3 is 14.4 Å². The number of thiocarbonyl (C=S) groups is 1. The van der Waals surface area contributed by atoms with E-state index >= 15 is 0 Å². The first-order valence-corrected chi connectivity index (χ1v) is 10.4. The van der Waals surface area contributed by atoms with Gasteiger partial charge in [0.15, 0.2) is 5.11 Å². The predicted octanol–water partition coefficient (Wildman–Crippen LogP) is 3.99. The van der Waals surface area contributed by atoms with Gasteiger partial charge in [-0.2, -0.15) is 0 Å². The third-order valence-corrected chi connectivity index (χ3v) is 4.87. The van der Waals surface area contributed by atoms with Crippen molar-refractivity contribution < 1.29 is 19.1 Å². The number of nitrogens with one attached hydrogen (secondary N) is 1. The number of aromatic nitrogens is 1. The van der Waals surface area contributed by atoms with Gasteiger partial charge in [0.1, 0.15) is 5.75 Å². The van der Waals surface area contributed by atoms with E-state index in [-0.39, 0.29) is 11.0 Å². The number of benzene rings is 2. The van der Waals surface area contributed by atoms with Gasteiger partial charge in [-0.15, -0.1) is 0 Å². The zero-order valence-electron chi connectivity index (χ0n) is 17.8. The molecule has 1 heterocycles. The van der Waals surface area contributed by atoms with Gasteiger partial charge in [-0.3, -0.25) is 15.1 Å². The first kappa shape index (κ1) is 22.9. The van der Waals surface area contributed by atoms with E-state index in [9.17, 15) is 9.59 Å². The summed E-state index contributed by atoms with van der Waals surface area (Å²) in [6, 6.07) is 17.4. The third-order valence-electron chi connectivity index (χ3n) is 4.55. The van der Waals surface area contributed by atoms with Crippen LogP contribution in [0.2, 0.25) is 0 Å². The minimum absolute atomic E-state index is 0.213. The Morgan fingerprint density at radius 3 is 2.50 bits per heavy atom. The summed E-state index contributed by atoms with van der Waals surface area (Å²) in [5.41, 5.74) is 2.46. The van der Waals surface area contributed by atoms with Crippen molar-refractivity contribution >= 4 is 34.9 Å². The van der Waals surface area contributed by atoms with Crippen LogP contribution in [0.1, 0.15) is 33.2 Å². The van der Waals surface area contributed by atoms with E-state index in [1.165, 1.54) is 7.11 Å². The molecule has 0 bridgehead atoms. The highest BCUT2D eigenvalue weighted by Gasteiger charge is 2.18. The summed E-state index contributed by atoms with van der Waals surface area (Å²) < 4.78 is 10.2. The molecular formula is C24H23N3O4S. The van der Waals surface area contributed by atoms with Crippen LogP contribution >= 0.6 is 12.2 Å². The van der Waals surface area contributed by atoms with E-state index in [0.29, 0.717) is 35.7 Å². The fourth-order valence-corrected chi connectivity index (χ4v) is 3.21. The highest BCUT2D eigenvalue weighted by Crippen LogP contribution is 2.20. The molecule has 0 unspecified atom stereocenters. The van der Waals surface area contributed by atoms with Crippen molar-refractivity contribution in [3.63, 3.8) is 0 Å². The summed E-state index contributed by atoms with van der Waals surface area (Å²) in [4.78, 5) is 30.6. The summed E-state index contributed by atoms with van der Waals surface area (Å²) in [6.07, 6.45) is 3.41. The normalized spacial score (nSPS) is 10.2. The maximum Gasteiger partial charge on any atom is 0.338 e. The number of hydrogen-bond donors (Lipinski definition) is 1. The van der Waals surface area contributed by atoms with Crippen molar-refractivity contribution in [2.24, 2.45) is 0 Å². The van der Waals surface area contributed by atoms with Crippen LogP contribution in [-0.4, -0.2) is 35.7 Å². The van der Waals surface area contributed by atoms with Crippen molar-refractivity contribution in [1.29, 1.82) is 0 Å². The van der Waals surface area contributed by atoms with Gasteiger partial charge in [0.25, 0.3) is 5.91 Å². The van der Waals surface area contributed by atoms with E-state index in [4.69, 9.17) is 21.7 Å². The van der Waals surface area contributed by atoms with Gasteiger partial charge in [-0.25, -0.2) is 4.79 Å². The zero-order chi connectivity index (χ0) is 22.9. The number of hydrogen-bond acceptors (Lipinski definition) is 6. The number of amides is 1. The lowest BCUT2D eigenvalue weighted by Crippen LogP contribution is -2.42. The second-order valence-electron chi connectivity index (χ2n) is 6.71. The molecule has 0 atom stereocenters. The highest BCUT2D eigenvalue weighted by atomic mass is 32.1. The molecule has 1 N–H and O–H groups in total. The van der Waals surface area contributed by atoms with Crippen LogP contribution in [0.25, 0.3) is 0 Å². The van der Waals surface area contributed by atoms with Gasteiger partial charge >= 0.3 is 5.97 Å². The number of carbonyl (C=O) groups excluding carboxylic acids is 2. The Morgan fingerprint density at radius 1 is 1.06 bits per heavy atom. The van der Waals surface area contributed by atoms with Gasteiger partial charge in [-0.1, -0.05) is 12.1 Å². The molecule has 3 rings (SSSR count). The molecule has 0 radical (unpaired) electrons. The first-order chi connectivity index (χ1) is 15.5. The maximum atomic E-state index is 12.8. The summed E-state index contributed by atoms with van der Waals surface area (Å²) in [7, 11) is 1.54. The van der Waals surface area contributed by atoms with Crippen molar-refractivity contribution in [2.75, 3.05) is 18.6 Å². The third kappa shape index (κ3) is 5.89. The van der Waals surface area contributed by atoms with Gasteiger partial charge in [0.05, 0.1) is 25.8 Å². The van der Waals surface area contributed by atoms with E-state index in [1.54, 1.807) is 72.7 Å². The fraction of sp³-hybridized carbons (Fsp3) is 0.167. The summed E-state index contributed by atoms with van der Waals surface area (Å²) >= 11 is 5.57. The number of nitrogens with zero attached hydrogens (tertiary/aromatic N) is 2. The fourth-order valence-electron chi connectivity index (χ4n) is 2.95. The van der Waals surface area contributed by atoms with Crippen LogP contribution in [0.5, 0.6) is 5.75 Å². The van der Waals surface area contributed by atoms with Gasteiger partial charge in [0, 0.05) is 23.6 Å². The molecule has 0 fully saturated rings. The Kier molecular flexibility index (Phi) is 7.88. The van der Waals surface area contributed by atoms with Gasteiger partial charge in [0.2, 0.25) is 0 Å². The molecule has 7 nitrogen and oxygen atoms in total. The lowest BCUT2D eigenvalue weighted by atomic mass is 10.1. The Morgan fingerprint density at radius 2 is 1.84 bits per heavy atom. The Bertz CT molecular complexity index is 1090. The number of carbonyl (C=O) groups is 2. The Balaban J connectivity index is 1.84. The minimum atomic E-state index is -0.397. The maximum absolute atomic E-state index is 12.8. The number of methoxy groups -OCH3 is 1. The van der Waals surface area contributed by atoms with Crippen molar-refractivity contribution in [3.05, 3.63) is 89.7 Å². The van der Waals surface area contributed by atoms with E-state index in [0.717, 1.165) is 5.56 Å². The van der Waals surface area contributed by atoms with E-state index in [1.807, 2.05) is 12.1 Å². The van der Waals surface area contributed by atoms with E-state index < -0.39 is 5.97 Å². The zero-order valence-corrected chi connectivity index (χ0v) is 18.6. The van der Waals surface area contributed by atoms with Crippen LogP contribution < -0.4 is 15.0 Å². The quantitative estimate of drug-likeness (QED) is 0.431. The minimum Gasteiger partial charge on any atom is -0.497 e. The summed E-state index contributed by atoms with van der Waals surface area (Å²) in [6.45, 7) is 2.43. The monoisotopic (exact) mass is 449 g/mol. The molecule has 1 amide bonds. The molecule has 8 heteroatoms. The predicted molar refractivity (Wildman–Crippen MR) is 126 cm³/mol. The molecule has 2 aromatic carbocycles. The molecule has 0 aliphatic rings. The highest BCUT2D eigenvalue weighted by molar-refractivity contribution is 7.80. The standard InChI is InChI=1S/C24H23N3O4S/c1-3-31-23(29)18-9-11-20(12-10-18)27(16-17-6-5-13-25-15-17)24(32)26-22(28)19-7-4-8-21(14-19)30-2/h4-15H,3,16H2,1-2H3,(H,26,28,32). The number of ether oxygens (including phenoxy) is 2. The molecular weight excluding hydrogens is 426 g/mol. The number of anilines is 1. The second-order valence-corrected chi connectivity index (χ2v) is 7.09. The van der Waals surface area contributed by atoms with Crippen LogP contribution in [0, 0.1) is 0 Å². The molecule has 0 saturated carbocycles. The second kappa shape index (κ2) is 11.0. The molecule has 3 aromatic rings. The van der Waals surface area contributed by atoms with Crippen molar-refractivity contribution in [2.45, 2.75) is 13.5 Å². The van der Waals surface area contributed by atoms with Crippen LogP contribution in [0.15, 0.2) is 73.1 Å². The average molecular weight is 450 g/mol. The average Bonchev–Trinajstić information content (AvgIpc) is 2.83. The summed E-state index contributed by atoms with van der Waals surface area (Å²) in [5, 5.41) is 2.99. The molecule has 164 valence electrons. The lowest BCUT2D eigenvalue weighted by Gasteiger charge is -2.26. The Hall–Kier alpha value is -3.78. The van der Waals surface area contributed by atoms with Crippen LogP contribution in [-0.2, 0) is 11.3 Å². The topological polar surface area (TPSA) is 80.8 Å². The van der Waals surface area contributed by atoms with E-state index in [2.05, 4.69) is 10.3 Å². The molecule has 1 aromatic heterocycles. The Labute approximate surface area is 192 Å². The number of rotatable bonds is 7. The molecule has 32 heavy (non-hydrogen) atoms. The molecule has 0 spiro atoms. The number of esters is 1. The van der Waals surface area contributed by atoms with Crippen molar-refractivity contribution in [1.82, 2.24) is 10.3 Å². The first-order valence-electron chi connectivity index (χ1n) is 9.94. The van der Waals surface area contributed by atoms with Gasteiger partial charge in [-0.05, 0) is 73.2 Å². The van der Waals surface area contributed by atoms with Crippen molar-refractivity contribution in [3.8, 4) is 5.75 Å². The molecule has 0 aliphatic carbocycles. The largest absolute Gasteiger partial charge is 0.497 e. The smallest absolute Gasteiger partial charge is 0.338 e. The lowest BCUT2D eigenvalue weighted by molar-refractivity contribution is 0.0526. The summed E-state index contributed by atoms with van der Waals surface area (Å²) in [5.74, 6) is -0.176. The van der Waals surface area contributed by atoms with Crippen LogP contribution in [0.3, 0.4) is 0 Å².